The molecule has 0 bridgehead atoms. The number of aliphatic hydroxyl groups is 1. The Morgan fingerprint density at radius 2 is 1.69 bits per heavy atom. The monoisotopic (exact) mass is 589 g/mol. The second-order valence-corrected chi connectivity index (χ2v) is 11.5. The third-order valence-corrected chi connectivity index (χ3v) is 8.36. The molecule has 220 valence electrons. The van der Waals surface area contributed by atoms with Gasteiger partial charge in [-0.05, 0) is 42.2 Å². The van der Waals surface area contributed by atoms with Crippen LogP contribution in [0.5, 0.6) is 0 Å². The van der Waals surface area contributed by atoms with Crippen LogP contribution in [-0.4, -0.2) is 74.5 Å². The van der Waals surface area contributed by atoms with Gasteiger partial charge < -0.3 is 26.0 Å². The van der Waals surface area contributed by atoms with Crippen LogP contribution in [-0.2, 0) is 27.3 Å². The second kappa shape index (κ2) is 14.6. The predicted molar refractivity (Wildman–Crippen MR) is 160 cm³/mol. The Balaban J connectivity index is 1.44. The van der Waals surface area contributed by atoms with Gasteiger partial charge in [-0.2, -0.15) is 0 Å². The summed E-state index contributed by atoms with van der Waals surface area (Å²) in [4.78, 5) is 57.4. The second-order valence-electron chi connectivity index (χ2n) is 10.1. The molecule has 1 aliphatic rings. The number of pyridine rings is 1. The fourth-order valence-corrected chi connectivity index (χ4v) is 5.89. The van der Waals surface area contributed by atoms with Crippen LogP contribution in [0.3, 0.4) is 0 Å². The minimum Gasteiger partial charge on any atom is -0.381 e. The van der Waals surface area contributed by atoms with E-state index in [-0.39, 0.29) is 30.0 Å². The molecule has 2 heterocycles. The maximum absolute atomic E-state index is 13.7. The number of aryl methyl sites for hydroxylation is 1. The fourth-order valence-electron chi connectivity index (χ4n) is 4.75. The molecule has 10 nitrogen and oxygen atoms in total. The summed E-state index contributed by atoms with van der Waals surface area (Å²) < 4.78 is 0. The number of hydrogen-bond acceptors (Lipinski definition) is 7. The molecule has 2 aromatic carbocycles. The average Bonchev–Trinajstić information content (AvgIpc) is 3.40. The highest BCUT2D eigenvalue weighted by Gasteiger charge is 2.43. The standard InChI is InChI=1S/C31H35N5O5S/c1-20-8-6-7-11-24(20)17-33-30(40)27-21(2)42-19-36(27)31(41)28(38)25(16-22-9-4-3-5-10-22)35-26(37)18-34-29(39)23-12-14-32-15-13-23/h3-15,21,25,27-28,38H,16-19H2,1-2H3,(H,33,40)(H,34,39)(H,35,37)/t21?,25-,27-,28-/m0/s1. The van der Waals surface area contributed by atoms with Crippen molar-refractivity contribution in [3.8, 4) is 0 Å². The molecule has 1 unspecified atom stereocenters. The summed E-state index contributed by atoms with van der Waals surface area (Å²) in [6.07, 6.45) is 1.49. The molecule has 4 atom stereocenters. The molecule has 11 heteroatoms. The molecular formula is C31H35N5O5S. The SMILES string of the molecule is Cc1ccccc1CNC(=O)[C@@H]1C(C)SCN1C(=O)[C@@H](O)[C@H](Cc1ccccc1)NC(=O)CNC(=O)c1ccncc1. The molecule has 3 aromatic rings. The first kappa shape index (κ1) is 30.7. The summed E-state index contributed by atoms with van der Waals surface area (Å²) in [7, 11) is 0. The number of aliphatic hydroxyl groups excluding tert-OH is 1. The maximum Gasteiger partial charge on any atom is 0.254 e. The number of thioether (sulfide) groups is 1. The highest BCUT2D eigenvalue weighted by molar-refractivity contribution is 8.00. The van der Waals surface area contributed by atoms with Crippen LogP contribution in [0.15, 0.2) is 79.1 Å². The zero-order chi connectivity index (χ0) is 30.1. The van der Waals surface area contributed by atoms with Gasteiger partial charge in [0.15, 0.2) is 6.10 Å². The Hall–Kier alpha value is -4.22. The molecule has 1 saturated heterocycles. The fraction of sp³-hybridized carbons (Fsp3) is 0.323. The Morgan fingerprint density at radius 1 is 1.00 bits per heavy atom. The van der Waals surface area contributed by atoms with Gasteiger partial charge in [0.1, 0.15) is 6.04 Å². The summed E-state index contributed by atoms with van der Waals surface area (Å²) >= 11 is 1.45. The molecule has 1 fully saturated rings. The van der Waals surface area contributed by atoms with E-state index in [1.807, 2.05) is 68.4 Å². The number of hydrogen-bond donors (Lipinski definition) is 4. The van der Waals surface area contributed by atoms with Crippen molar-refractivity contribution in [1.29, 1.82) is 0 Å². The Labute approximate surface area is 249 Å². The van der Waals surface area contributed by atoms with Crippen LogP contribution in [0, 0.1) is 6.92 Å². The van der Waals surface area contributed by atoms with E-state index in [1.54, 1.807) is 0 Å². The molecule has 4 rings (SSSR count). The minimum atomic E-state index is -1.62. The number of nitrogens with zero attached hydrogens (tertiary/aromatic N) is 2. The molecule has 0 radical (unpaired) electrons. The number of nitrogens with one attached hydrogen (secondary N) is 3. The van der Waals surface area contributed by atoms with Gasteiger partial charge in [-0.15, -0.1) is 11.8 Å². The molecule has 4 amide bonds. The topological polar surface area (TPSA) is 141 Å². The lowest BCUT2D eigenvalue weighted by atomic mass is 9.99. The molecular weight excluding hydrogens is 554 g/mol. The zero-order valence-electron chi connectivity index (χ0n) is 23.5. The average molecular weight is 590 g/mol. The first-order valence-corrected chi connectivity index (χ1v) is 14.7. The van der Waals surface area contributed by atoms with Crippen molar-refractivity contribution in [2.75, 3.05) is 12.4 Å². The van der Waals surface area contributed by atoms with Crippen molar-refractivity contribution < 1.29 is 24.3 Å². The molecule has 0 aliphatic carbocycles. The number of aromatic nitrogens is 1. The largest absolute Gasteiger partial charge is 0.381 e. The first-order valence-electron chi connectivity index (χ1n) is 13.7. The summed E-state index contributed by atoms with van der Waals surface area (Å²) in [5.74, 6) is -1.75. The smallest absolute Gasteiger partial charge is 0.254 e. The highest BCUT2D eigenvalue weighted by atomic mass is 32.2. The van der Waals surface area contributed by atoms with Crippen LogP contribution >= 0.6 is 11.8 Å². The molecule has 0 spiro atoms. The third-order valence-electron chi connectivity index (χ3n) is 7.15. The van der Waals surface area contributed by atoms with E-state index < -0.39 is 35.9 Å². The van der Waals surface area contributed by atoms with Crippen molar-refractivity contribution in [1.82, 2.24) is 25.8 Å². The molecule has 1 aromatic heterocycles. The van der Waals surface area contributed by atoms with Crippen molar-refractivity contribution in [3.63, 3.8) is 0 Å². The number of amides is 4. The lowest BCUT2D eigenvalue weighted by Gasteiger charge is -2.30. The Bertz CT molecular complexity index is 1390. The van der Waals surface area contributed by atoms with Crippen LogP contribution in [0.25, 0.3) is 0 Å². The zero-order valence-corrected chi connectivity index (χ0v) is 24.3. The van der Waals surface area contributed by atoms with Crippen LogP contribution in [0.1, 0.15) is 34.0 Å². The van der Waals surface area contributed by atoms with Crippen molar-refractivity contribution in [2.45, 2.75) is 50.3 Å². The molecule has 42 heavy (non-hydrogen) atoms. The van der Waals surface area contributed by atoms with E-state index in [4.69, 9.17) is 0 Å². The molecule has 0 saturated carbocycles. The first-order chi connectivity index (χ1) is 20.2. The Morgan fingerprint density at radius 3 is 2.40 bits per heavy atom. The van der Waals surface area contributed by atoms with Crippen LogP contribution < -0.4 is 16.0 Å². The van der Waals surface area contributed by atoms with Crippen LogP contribution in [0.4, 0.5) is 0 Å². The maximum atomic E-state index is 13.7. The number of benzene rings is 2. The third kappa shape index (κ3) is 7.95. The summed E-state index contributed by atoms with van der Waals surface area (Å²) in [5, 5.41) is 19.3. The van der Waals surface area contributed by atoms with Crippen LogP contribution in [0.2, 0.25) is 0 Å². The summed E-state index contributed by atoms with van der Waals surface area (Å²) in [6.45, 7) is 3.81. The van der Waals surface area contributed by atoms with Gasteiger partial charge in [0.05, 0.1) is 18.5 Å². The lowest BCUT2D eigenvalue weighted by molar-refractivity contribution is -0.147. The highest BCUT2D eigenvalue weighted by Crippen LogP contribution is 2.30. The van der Waals surface area contributed by atoms with E-state index in [1.165, 1.54) is 41.2 Å². The van der Waals surface area contributed by atoms with Gasteiger partial charge in [-0.3, -0.25) is 24.2 Å². The van der Waals surface area contributed by atoms with E-state index in [9.17, 15) is 24.3 Å². The predicted octanol–water partition coefficient (Wildman–Crippen LogP) is 1.81. The molecule has 1 aliphatic heterocycles. The quantitative estimate of drug-likeness (QED) is 0.267. The van der Waals surface area contributed by atoms with Gasteiger partial charge in [0.2, 0.25) is 11.8 Å². The van der Waals surface area contributed by atoms with Gasteiger partial charge in [-0.1, -0.05) is 61.5 Å². The number of carbonyl (C=O) groups excluding carboxylic acids is 4. The lowest BCUT2D eigenvalue weighted by Crippen LogP contribution is -2.57. The van der Waals surface area contributed by atoms with Gasteiger partial charge in [-0.25, -0.2) is 0 Å². The van der Waals surface area contributed by atoms with Crippen molar-refractivity contribution in [2.24, 2.45) is 0 Å². The van der Waals surface area contributed by atoms with E-state index in [0.29, 0.717) is 12.1 Å². The summed E-state index contributed by atoms with van der Waals surface area (Å²) in [6, 6.07) is 18.2. The Kier molecular flexibility index (Phi) is 10.7. The van der Waals surface area contributed by atoms with Crippen molar-refractivity contribution >= 4 is 35.4 Å². The molecule has 4 N–H and O–H groups in total. The van der Waals surface area contributed by atoms with Gasteiger partial charge >= 0.3 is 0 Å². The van der Waals surface area contributed by atoms with E-state index >= 15 is 0 Å². The minimum absolute atomic E-state index is 0.165. The number of carbonyl (C=O) groups is 4. The summed E-state index contributed by atoms with van der Waals surface area (Å²) in [5.41, 5.74) is 3.17. The van der Waals surface area contributed by atoms with E-state index in [0.717, 1.165) is 16.7 Å². The number of rotatable bonds is 11. The van der Waals surface area contributed by atoms with E-state index in [2.05, 4.69) is 20.9 Å². The van der Waals surface area contributed by atoms with Gasteiger partial charge in [0, 0.05) is 29.8 Å². The van der Waals surface area contributed by atoms with Crippen molar-refractivity contribution in [3.05, 3.63) is 101 Å². The van der Waals surface area contributed by atoms with Gasteiger partial charge in [0.25, 0.3) is 11.8 Å². The normalized spacial score (nSPS) is 17.6.